The standard InChI is InChI=1S/C33H39F2NO6/c1-33(2,3)42-32(38)36-19-29(37)31(30(20-36)41-22-25-10-13-26(34)18-28(25)35)24-11-14-27(15-12-24)40-17-7-16-39-21-23-8-5-4-6-9-23/h4-6,8-15,18,29-31,37H,7,16-17,19-22H2,1-3H3. The van der Waals surface area contributed by atoms with E-state index in [-0.39, 0.29) is 25.3 Å². The van der Waals surface area contributed by atoms with Gasteiger partial charge in [0.05, 0.1) is 51.7 Å². The lowest BCUT2D eigenvalue weighted by Gasteiger charge is -2.42. The van der Waals surface area contributed by atoms with Crippen LogP contribution in [0.2, 0.25) is 0 Å². The Labute approximate surface area is 246 Å². The van der Waals surface area contributed by atoms with E-state index in [1.165, 1.54) is 11.0 Å². The normalized spacial score (nSPS) is 19.0. The summed E-state index contributed by atoms with van der Waals surface area (Å²) in [5, 5.41) is 11.2. The highest BCUT2D eigenvalue weighted by molar-refractivity contribution is 5.68. The van der Waals surface area contributed by atoms with E-state index in [4.69, 9.17) is 18.9 Å². The molecule has 0 bridgehead atoms. The number of likely N-dealkylation sites (tertiary alicyclic amines) is 1. The topological polar surface area (TPSA) is 77.5 Å². The molecular weight excluding hydrogens is 544 g/mol. The van der Waals surface area contributed by atoms with Crippen molar-refractivity contribution >= 4 is 6.09 Å². The molecule has 3 atom stereocenters. The average molecular weight is 584 g/mol. The number of amides is 1. The van der Waals surface area contributed by atoms with Gasteiger partial charge in [-0.25, -0.2) is 13.6 Å². The second-order valence-electron chi connectivity index (χ2n) is 11.4. The van der Waals surface area contributed by atoms with Gasteiger partial charge in [0, 0.05) is 24.0 Å². The molecule has 3 aromatic carbocycles. The molecule has 1 N–H and O–H groups in total. The van der Waals surface area contributed by atoms with Crippen molar-refractivity contribution in [3.05, 3.63) is 101 Å². The van der Waals surface area contributed by atoms with Crippen LogP contribution in [0.1, 0.15) is 49.8 Å². The maximum absolute atomic E-state index is 14.3. The number of β-amino-alcohol motifs (C(OH)–C–C–N with tert-alkyl or cyclic N) is 1. The van der Waals surface area contributed by atoms with Gasteiger partial charge in [-0.2, -0.15) is 0 Å². The molecule has 0 spiro atoms. The van der Waals surface area contributed by atoms with Crippen molar-refractivity contribution in [2.75, 3.05) is 26.3 Å². The second-order valence-corrected chi connectivity index (χ2v) is 11.4. The monoisotopic (exact) mass is 583 g/mol. The van der Waals surface area contributed by atoms with Gasteiger partial charge in [-0.15, -0.1) is 0 Å². The Morgan fingerprint density at radius 1 is 0.952 bits per heavy atom. The molecule has 0 saturated carbocycles. The van der Waals surface area contributed by atoms with E-state index < -0.39 is 41.5 Å². The summed E-state index contributed by atoms with van der Waals surface area (Å²) in [5.74, 6) is -1.24. The number of carbonyl (C=O) groups excluding carboxylic acids is 1. The number of ether oxygens (including phenoxy) is 4. The molecule has 1 saturated heterocycles. The summed E-state index contributed by atoms with van der Waals surface area (Å²) in [6.45, 7) is 6.93. The third kappa shape index (κ3) is 9.24. The zero-order valence-corrected chi connectivity index (χ0v) is 24.3. The summed E-state index contributed by atoms with van der Waals surface area (Å²) >= 11 is 0. The fourth-order valence-electron chi connectivity index (χ4n) is 4.80. The predicted octanol–water partition coefficient (Wildman–Crippen LogP) is 6.23. The molecule has 1 aliphatic rings. The fraction of sp³-hybridized carbons (Fsp3) is 0.424. The molecular formula is C33H39F2NO6. The van der Waals surface area contributed by atoms with Crippen molar-refractivity contribution in [1.29, 1.82) is 0 Å². The van der Waals surface area contributed by atoms with E-state index in [0.717, 1.165) is 29.7 Å². The van der Waals surface area contributed by atoms with Crippen molar-refractivity contribution in [2.45, 2.75) is 64.1 Å². The summed E-state index contributed by atoms with van der Waals surface area (Å²) in [6, 6.07) is 20.6. The van der Waals surface area contributed by atoms with E-state index in [0.29, 0.717) is 25.6 Å². The summed E-state index contributed by atoms with van der Waals surface area (Å²) in [6.07, 6.45) is -1.49. The van der Waals surface area contributed by atoms with E-state index >= 15 is 0 Å². The number of nitrogens with zero attached hydrogens (tertiary/aromatic N) is 1. The van der Waals surface area contributed by atoms with Gasteiger partial charge < -0.3 is 29.0 Å². The third-order valence-corrected chi connectivity index (χ3v) is 6.82. The highest BCUT2D eigenvalue weighted by atomic mass is 19.1. The second kappa shape index (κ2) is 14.6. The largest absolute Gasteiger partial charge is 0.494 e. The minimum Gasteiger partial charge on any atom is -0.494 e. The lowest BCUT2D eigenvalue weighted by atomic mass is 9.84. The Morgan fingerprint density at radius 2 is 1.69 bits per heavy atom. The number of carbonyl (C=O) groups is 1. The van der Waals surface area contributed by atoms with Crippen molar-refractivity contribution in [2.24, 2.45) is 0 Å². The first-order chi connectivity index (χ1) is 20.1. The number of aliphatic hydroxyl groups is 1. The predicted molar refractivity (Wildman–Crippen MR) is 154 cm³/mol. The lowest BCUT2D eigenvalue weighted by molar-refractivity contribution is -0.0760. The molecule has 3 aromatic rings. The maximum Gasteiger partial charge on any atom is 0.410 e. The number of aliphatic hydroxyl groups excluding tert-OH is 1. The number of benzene rings is 3. The maximum atomic E-state index is 14.3. The van der Waals surface area contributed by atoms with Gasteiger partial charge in [-0.1, -0.05) is 48.5 Å². The number of hydrogen-bond donors (Lipinski definition) is 1. The molecule has 0 radical (unpaired) electrons. The molecule has 1 aliphatic heterocycles. The molecule has 7 nitrogen and oxygen atoms in total. The Balaban J connectivity index is 1.37. The van der Waals surface area contributed by atoms with Crippen LogP contribution in [0.4, 0.5) is 13.6 Å². The summed E-state index contributed by atoms with van der Waals surface area (Å²) in [7, 11) is 0. The van der Waals surface area contributed by atoms with Gasteiger partial charge in [0.15, 0.2) is 0 Å². The number of piperidine rings is 1. The highest BCUT2D eigenvalue weighted by Gasteiger charge is 2.40. The molecule has 226 valence electrons. The molecule has 4 rings (SSSR count). The van der Waals surface area contributed by atoms with Crippen molar-refractivity contribution in [3.8, 4) is 5.75 Å². The van der Waals surface area contributed by atoms with Crippen LogP contribution in [-0.2, 0) is 27.4 Å². The van der Waals surface area contributed by atoms with Crippen LogP contribution < -0.4 is 4.74 Å². The Morgan fingerprint density at radius 3 is 2.38 bits per heavy atom. The number of halogens is 2. The van der Waals surface area contributed by atoms with E-state index in [2.05, 4.69) is 0 Å². The van der Waals surface area contributed by atoms with Gasteiger partial charge >= 0.3 is 6.09 Å². The first-order valence-corrected chi connectivity index (χ1v) is 14.1. The molecule has 1 heterocycles. The molecule has 1 amide bonds. The summed E-state index contributed by atoms with van der Waals surface area (Å²) < 4.78 is 50.9. The van der Waals surface area contributed by atoms with Crippen LogP contribution >= 0.6 is 0 Å². The van der Waals surface area contributed by atoms with Crippen LogP contribution in [-0.4, -0.2) is 60.2 Å². The molecule has 9 heteroatoms. The molecule has 0 aromatic heterocycles. The van der Waals surface area contributed by atoms with Crippen molar-refractivity contribution < 1.29 is 37.6 Å². The van der Waals surface area contributed by atoms with Gasteiger partial charge in [-0.05, 0) is 50.1 Å². The Hall–Kier alpha value is -3.53. The minimum absolute atomic E-state index is 0.0472. The van der Waals surface area contributed by atoms with E-state index in [1.807, 2.05) is 54.6 Å². The van der Waals surface area contributed by atoms with Crippen molar-refractivity contribution in [3.63, 3.8) is 0 Å². The Kier molecular flexibility index (Phi) is 10.9. The first-order valence-electron chi connectivity index (χ1n) is 14.1. The van der Waals surface area contributed by atoms with Crippen LogP contribution in [0, 0.1) is 11.6 Å². The molecule has 3 unspecified atom stereocenters. The van der Waals surface area contributed by atoms with Crippen LogP contribution in [0.25, 0.3) is 0 Å². The van der Waals surface area contributed by atoms with E-state index in [1.54, 1.807) is 20.8 Å². The molecule has 1 fully saturated rings. The summed E-state index contributed by atoms with van der Waals surface area (Å²) in [5.41, 5.74) is 1.37. The molecule has 42 heavy (non-hydrogen) atoms. The average Bonchev–Trinajstić information content (AvgIpc) is 2.94. The summed E-state index contributed by atoms with van der Waals surface area (Å²) in [4.78, 5) is 14.2. The van der Waals surface area contributed by atoms with E-state index in [9.17, 15) is 18.7 Å². The number of hydrogen-bond acceptors (Lipinski definition) is 6. The van der Waals surface area contributed by atoms with Crippen molar-refractivity contribution in [1.82, 2.24) is 4.90 Å². The van der Waals surface area contributed by atoms with Crippen LogP contribution in [0.5, 0.6) is 5.75 Å². The van der Waals surface area contributed by atoms with Crippen LogP contribution in [0.3, 0.4) is 0 Å². The lowest BCUT2D eigenvalue weighted by Crippen LogP contribution is -2.54. The zero-order chi connectivity index (χ0) is 30.1. The minimum atomic E-state index is -0.970. The SMILES string of the molecule is CC(C)(C)OC(=O)N1CC(O)C(c2ccc(OCCCOCc3ccccc3)cc2)C(OCc2ccc(F)cc2F)C1. The van der Waals surface area contributed by atoms with Crippen LogP contribution in [0.15, 0.2) is 72.8 Å². The Bertz CT molecular complexity index is 1280. The zero-order valence-electron chi connectivity index (χ0n) is 24.3. The quantitative estimate of drug-likeness (QED) is 0.270. The highest BCUT2D eigenvalue weighted by Crippen LogP contribution is 2.33. The fourth-order valence-corrected chi connectivity index (χ4v) is 4.80. The third-order valence-electron chi connectivity index (χ3n) is 6.82. The number of rotatable bonds is 11. The first kappa shape index (κ1) is 31.4. The van der Waals surface area contributed by atoms with Gasteiger partial charge in [0.25, 0.3) is 0 Å². The van der Waals surface area contributed by atoms with Gasteiger partial charge in [0.1, 0.15) is 23.0 Å². The van der Waals surface area contributed by atoms with Gasteiger partial charge in [-0.3, -0.25) is 0 Å². The smallest absolute Gasteiger partial charge is 0.410 e. The molecule has 0 aliphatic carbocycles. The van der Waals surface area contributed by atoms with Gasteiger partial charge in [0.2, 0.25) is 0 Å².